The lowest BCUT2D eigenvalue weighted by atomic mass is 10.1. The number of aliphatic imine (C=N–C) groups is 1. The van der Waals surface area contributed by atoms with Gasteiger partial charge in [-0.2, -0.15) is 0 Å². The average molecular weight is 517 g/mol. The number of pyridine rings is 1. The van der Waals surface area contributed by atoms with Gasteiger partial charge in [-0.15, -0.1) is 24.0 Å². The summed E-state index contributed by atoms with van der Waals surface area (Å²) in [5, 5.41) is 8.15. The summed E-state index contributed by atoms with van der Waals surface area (Å²) in [6, 6.07) is 18.8. The molecule has 2 N–H and O–H groups in total. The second kappa shape index (κ2) is 10.5. The molecule has 7 heteroatoms. The van der Waals surface area contributed by atoms with Gasteiger partial charge in [0.1, 0.15) is 5.75 Å². The lowest BCUT2D eigenvalue weighted by molar-refractivity contribution is 0.415. The number of hydrogen-bond donors (Lipinski definition) is 2. The van der Waals surface area contributed by atoms with Crippen molar-refractivity contribution in [2.24, 2.45) is 4.99 Å². The minimum absolute atomic E-state index is 0. The Labute approximate surface area is 194 Å². The molecule has 1 aromatic heterocycles. The fourth-order valence-corrected chi connectivity index (χ4v) is 3.86. The molecule has 1 fully saturated rings. The number of aromatic nitrogens is 1. The summed E-state index contributed by atoms with van der Waals surface area (Å²) in [7, 11) is 3.53. The summed E-state index contributed by atoms with van der Waals surface area (Å²) < 4.78 is 5.51. The molecule has 4 rings (SSSR count). The van der Waals surface area contributed by atoms with Gasteiger partial charge in [0.2, 0.25) is 0 Å². The van der Waals surface area contributed by atoms with Gasteiger partial charge in [-0.3, -0.25) is 9.98 Å². The van der Waals surface area contributed by atoms with Crippen LogP contribution in [0.1, 0.15) is 12.0 Å². The molecule has 1 saturated heterocycles. The van der Waals surface area contributed by atoms with Crippen molar-refractivity contribution in [3.05, 3.63) is 66.4 Å². The second-order valence-electron chi connectivity index (χ2n) is 7.17. The molecule has 1 aliphatic rings. The van der Waals surface area contributed by atoms with E-state index >= 15 is 0 Å². The van der Waals surface area contributed by atoms with E-state index in [1.54, 1.807) is 7.11 Å². The number of fused-ring (bicyclic) bond motifs is 1. The molecular weight excluding hydrogens is 489 g/mol. The van der Waals surface area contributed by atoms with Crippen LogP contribution in [0.4, 0.5) is 5.69 Å². The number of anilines is 1. The SMILES string of the molecule is CN=C(NCc1cccc2cccnc12)NC1CCN(c2ccccc2OC)C1.I. The first-order chi connectivity index (χ1) is 14.3. The Morgan fingerprint density at radius 3 is 2.83 bits per heavy atom. The Morgan fingerprint density at radius 1 is 1.17 bits per heavy atom. The third-order valence-corrected chi connectivity index (χ3v) is 5.34. The molecule has 0 aliphatic carbocycles. The van der Waals surface area contributed by atoms with Gasteiger partial charge in [0.15, 0.2) is 5.96 Å². The topological polar surface area (TPSA) is 61.8 Å². The maximum atomic E-state index is 5.51. The molecule has 2 aromatic carbocycles. The third-order valence-electron chi connectivity index (χ3n) is 5.34. The lowest BCUT2D eigenvalue weighted by Gasteiger charge is -2.22. The highest BCUT2D eigenvalue weighted by Crippen LogP contribution is 2.30. The predicted octanol–water partition coefficient (Wildman–Crippen LogP) is 3.81. The van der Waals surface area contributed by atoms with E-state index < -0.39 is 0 Å². The van der Waals surface area contributed by atoms with Crippen LogP contribution in [0.25, 0.3) is 10.9 Å². The van der Waals surface area contributed by atoms with Crippen LogP contribution in [0.5, 0.6) is 5.75 Å². The monoisotopic (exact) mass is 517 g/mol. The van der Waals surface area contributed by atoms with Crippen LogP contribution < -0.4 is 20.3 Å². The molecule has 6 nitrogen and oxygen atoms in total. The Morgan fingerprint density at radius 2 is 2.00 bits per heavy atom. The highest BCUT2D eigenvalue weighted by atomic mass is 127. The van der Waals surface area contributed by atoms with E-state index in [0.29, 0.717) is 12.6 Å². The van der Waals surface area contributed by atoms with Crippen LogP contribution in [0.15, 0.2) is 65.8 Å². The van der Waals surface area contributed by atoms with Crippen molar-refractivity contribution in [2.45, 2.75) is 19.0 Å². The maximum Gasteiger partial charge on any atom is 0.191 e. The van der Waals surface area contributed by atoms with Crippen molar-refractivity contribution >= 4 is 46.5 Å². The summed E-state index contributed by atoms with van der Waals surface area (Å²) >= 11 is 0. The Kier molecular flexibility index (Phi) is 7.73. The van der Waals surface area contributed by atoms with Crippen molar-refractivity contribution in [1.82, 2.24) is 15.6 Å². The molecule has 0 amide bonds. The predicted molar refractivity (Wildman–Crippen MR) is 134 cm³/mol. The van der Waals surface area contributed by atoms with E-state index in [4.69, 9.17) is 4.74 Å². The molecule has 0 spiro atoms. The molecule has 1 aliphatic heterocycles. The standard InChI is InChI=1S/C23H27N5O.HI/c1-24-23(26-15-18-8-5-7-17-9-6-13-25-22(17)18)27-19-12-14-28(16-19)20-10-3-4-11-21(20)29-2;/h3-11,13,19H,12,14-16H2,1-2H3,(H2,24,26,27);1H. The van der Waals surface area contributed by atoms with Gasteiger partial charge in [0, 0.05) is 44.3 Å². The molecule has 0 radical (unpaired) electrons. The van der Waals surface area contributed by atoms with Crippen LogP contribution >= 0.6 is 24.0 Å². The fraction of sp³-hybridized carbons (Fsp3) is 0.304. The number of guanidine groups is 1. The van der Waals surface area contributed by atoms with Gasteiger partial charge >= 0.3 is 0 Å². The van der Waals surface area contributed by atoms with E-state index in [9.17, 15) is 0 Å². The summed E-state index contributed by atoms with van der Waals surface area (Å²) in [4.78, 5) is 11.3. The number of nitrogens with zero attached hydrogens (tertiary/aromatic N) is 3. The minimum Gasteiger partial charge on any atom is -0.495 e. The molecule has 1 unspecified atom stereocenters. The van der Waals surface area contributed by atoms with Crippen molar-refractivity contribution in [3.63, 3.8) is 0 Å². The van der Waals surface area contributed by atoms with E-state index in [1.807, 2.05) is 31.4 Å². The highest BCUT2D eigenvalue weighted by molar-refractivity contribution is 14.0. The van der Waals surface area contributed by atoms with Crippen molar-refractivity contribution in [3.8, 4) is 5.75 Å². The van der Waals surface area contributed by atoms with E-state index in [0.717, 1.165) is 53.4 Å². The van der Waals surface area contributed by atoms with Gasteiger partial charge in [0.25, 0.3) is 0 Å². The number of halogens is 1. The molecular formula is C23H28IN5O. The number of methoxy groups -OCH3 is 1. The number of benzene rings is 2. The number of rotatable bonds is 5. The van der Waals surface area contributed by atoms with E-state index in [-0.39, 0.29) is 24.0 Å². The van der Waals surface area contributed by atoms with Crippen molar-refractivity contribution < 1.29 is 4.74 Å². The largest absolute Gasteiger partial charge is 0.495 e. The van der Waals surface area contributed by atoms with Gasteiger partial charge < -0.3 is 20.3 Å². The zero-order valence-corrected chi connectivity index (χ0v) is 19.7. The lowest BCUT2D eigenvalue weighted by Crippen LogP contribution is -2.44. The zero-order valence-electron chi connectivity index (χ0n) is 17.3. The summed E-state index contributed by atoms with van der Waals surface area (Å²) in [5.41, 5.74) is 3.33. The van der Waals surface area contributed by atoms with E-state index in [1.165, 1.54) is 0 Å². The Balaban J connectivity index is 0.00000256. The summed E-state index contributed by atoms with van der Waals surface area (Å²) in [6.07, 6.45) is 2.89. The van der Waals surface area contributed by atoms with Crippen molar-refractivity contribution in [2.75, 3.05) is 32.1 Å². The molecule has 1 atom stereocenters. The Hall–Kier alpha value is -2.55. The van der Waals surface area contributed by atoms with Crippen LogP contribution in [0.3, 0.4) is 0 Å². The first-order valence-corrected chi connectivity index (χ1v) is 9.96. The summed E-state index contributed by atoms with van der Waals surface area (Å²) in [5.74, 6) is 1.73. The van der Waals surface area contributed by atoms with Gasteiger partial charge in [-0.1, -0.05) is 36.4 Å². The van der Waals surface area contributed by atoms with Gasteiger partial charge in [-0.05, 0) is 30.2 Å². The molecule has 2 heterocycles. The molecule has 3 aromatic rings. The zero-order chi connectivity index (χ0) is 20.1. The number of para-hydroxylation sites is 3. The third kappa shape index (κ3) is 4.95. The molecule has 0 bridgehead atoms. The number of nitrogens with one attached hydrogen (secondary N) is 2. The maximum absolute atomic E-state index is 5.51. The Bertz CT molecular complexity index is 1000. The number of hydrogen-bond acceptors (Lipinski definition) is 4. The molecule has 0 saturated carbocycles. The minimum atomic E-state index is 0. The first kappa shape index (κ1) is 22.1. The van der Waals surface area contributed by atoms with Crippen LogP contribution in [-0.4, -0.2) is 44.2 Å². The summed E-state index contributed by atoms with van der Waals surface area (Å²) in [6.45, 7) is 2.58. The molecule has 30 heavy (non-hydrogen) atoms. The van der Waals surface area contributed by atoms with Crippen LogP contribution in [-0.2, 0) is 6.54 Å². The first-order valence-electron chi connectivity index (χ1n) is 9.96. The quantitative estimate of drug-likeness (QED) is 0.306. The smallest absolute Gasteiger partial charge is 0.191 e. The van der Waals surface area contributed by atoms with Crippen molar-refractivity contribution in [1.29, 1.82) is 0 Å². The highest BCUT2D eigenvalue weighted by Gasteiger charge is 2.25. The fourth-order valence-electron chi connectivity index (χ4n) is 3.86. The normalized spacial score (nSPS) is 16.3. The van der Waals surface area contributed by atoms with Crippen LogP contribution in [0.2, 0.25) is 0 Å². The van der Waals surface area contributed by atoms with Gasteiger partial charge in [-0.25, -0.2) is 0 Å². The van der Waals surface area contributed by atoms with E-state index in [2.05, 4.69) is 61.9 Å². The molecule has 158 valence electrons. The number of ether oxygens (including phenoxy) is 1. The average Bonchev–Trinajstić information content (AvgIpc) is 3.25. The second-order valence-corrected chi connectivity index (χ2v) is 7.17. The van der Waals surface area contributed by atoms with Gasteiger partial charge in [0.05, 0.1) is 18.3 Å². The van der Waals surface area contributed by atoms with Crippen LogP contribution in [0, 0.1) is 0 Å².